The summed E-state index contributed by atoms with van der Waals surface area (Å²) < 4.78 is 0. The SMILES string of the molecule is CC(O)CC(C)(C)CNC1CCN(C)CC1C. The van der Waals surface area contributed by atoms with Crippen LogP contribution in [0.1, 0.15) is 40.5 Å². The van der Waals surface area contributed by atoms with E-state index >= 15 is 0 Å². The molecule has 17 heavy (non-hydrogen) atoms. The van der Waals surface area contributed by atoms with E-state index in [4.69, 9.17) is 0 Å². The van der Waals surface area contributed by atoms with Crippen molar-refractivity contribution >= 4 is 0 Å². The molecule has 0 spiro atoms. The fraction of sp³-hybridized carbons (Fsp3) is 1.00. The van der Waals surface area contributed by atoms with Crippen LogP contribution in [-0.4, -0.2) is 48.8 Å². The summed E-state index contributed by atoms with van der Waals surface area (Å²) >= 11 is 0. The summed E-state index contributed by atoms with van der Waals surface area (Å²) in [6, 6.07) is 0.638. The number of rotatable bonds is 5. The normalized spacial score (nSPS) is 29.3. The Bertz CT molecular complexity index is 228. The Morgan fingerprint density at radius 3 is 2.65 bits per heavy atom. The fourth-order valence-electron chi connectivity index (χ4n) is 2.94. The van der Waals surface area contributed by atoms with Crippen LogP contribution in [0.3, 0.4) is 0 Å². The van der Waals surface area contributed by atoms with Crippen molar-refractivity contribution in [3.05, 3.63) is 0 Å². The van der Waals surface area contributed by atoms with Gasteiger partial charge in [0.15, 0.2) is 0 Å². The van der Waals surface area contributed by atoms with Gasteiger partial charge >= 0.3 is 0 Å². The van der Waals surface area contributed by atoms with Crippen molar-refractivity contribution in [2.24, 2.45) is 11.3 Å². The third-order valence-electron chi connectivity index (χ3n) is 3.80. The molecule has 1 saturated heterocycles. The third kappa shape index (κ3) is 5.36. The summed E-state index contributed by atoms with van der Waals surface area (Å²) in [5.74, 6) is 0.719. The molecule has 1 fully saturated rings. The molecule has 3 atom stereocenters. The highest BCUT2D eigenvalue weighted by Gasteiger charge is 2.27. The van der Waals surface area contributed by atoms with Gasteiger partial charge in [-0.25, -0.2) is 0 Å². The van der Waals surface area contributed by atoms with Gasteiger partial charge in [-0.1, -0.05) is 20.8 Å². The van der Waals surface area contributed by atoms with Crippen LogP contribution in [-0.2, 0) is 0 Å². The lowest BCUT2D eigenvalue weighted by molar-refractivity contribution is 0.116. The molecule has 1 rings (SSSR count). The van der Waals surface area contributed by atoms with Crippen molar-refractivity contribution in [3.63, 3.8) is 0 Å². The molecule has 0 saturated carbocycles. The lowest BCUT2D eigenvalue weighted by Crippen LogP contribution is -2.49. The molecule has 0 bridgehead atoms. The van der Waals surface area contributed by atoms with E-state index in [0.717, 1.165) is 18.9 Å². The van der Waals surface area contributed by atoms with Crippen LogP contribution in [0.25, 0.3) is 0 Å². The highest BCUT2D eigenvalue weighted by Crippen LogP contribution is 2.23. The van der Waals surface area contributed by atoms with Crippen LogP contribution in [0.4, 0.5) is 0 Å². The zero-order valence-electron chi connectivity index (χ0n) is 12.2. The Labute approximate surface area is 107 Å². The second-order valence-corrected chi connectivity index (χ2v) is 6.73. The van der Waals surface area contributed by atoms with Gasteiger partial charge in [-0.3, -0.25) is 0 Å². The first-order valence-corrected chi connectivity index (χ1v) is 6.90. The number of piperidine rings is 1. The van der Waals surface area contributed by atoms with Gasteiger partial charge in [0, 0.05) is 19.1 Å². The Balaban J connectivity index is 2.34. The first-order chi connectivity index (χ1) is 7.80. The van der Waals surface area contributed by atoms with Crippen LogP contribution >= 0.6 is 0 Å². The second kappa shape index (κ2) is 6.17. The monoisotopic (exact) mass is 242 g/mol. The molecule has 0 radical (unpaired) electrons. The molecule has 1 heterocycles. The number of hydrogen-bond donors (Lipinski definition) is 2. The van der Waals surface area contributed by atoms with Crippen molar-refractivity contribution in [1.82, 2.24) is 10.2 Å². The minimum absolute atomic E-state index is 0.178. The van der Waals surface area contributed by atoms with Crippen molar-refractivity contribution in [2.45, 2.75) is 52.7 Å². The lowest BCUT2D eigenvalue weighted by Gasteiger charge is -2.37. The average Bonchev–Trinajstić information content (AvgIpc) is 2.14. The number of aliphatic hydroxyl groups excluding tert-OH is 1. The molecule has 3 unspecified atom stereocenters. The molecule has 0 aliphatic carbocycles. The standard InChI is InChI=1S/C14H30N2O/c1-11-9-16(5)7-6-13(11)15-10-14(3,4)8-12(2)17/h11-13,15,17H,6-10H2,1-5H3. The minimum atomic E-state index is -0.207. The molecule has 0 amide bonds. The summed E-state index contributed by atoms with van der Waals surface area (Å²) in [6.45, 7) is 12.0. The molecule has 102 valence electrons. The Kier molecular flexibility index (Phi) is 5.42. The lowest BCUT2D eigenvalue weighted by atomic mass is 9.85. The highest BCUT2D eigenvalue weighted by molar-refractivity contribution is 4.84. The summed E-state index contributed by atoms with van der Waals surface area (Å²) in [7, 11) is 2.20. The van der Waals surface area contributed by atoms with E-state index in [2.05, 4.69) is 38.0 Å². The molecule has 0 aromatic heterocycles. The maximum Gasteiger partial charge on any atom is 0.0517 e. The summed E-state index contributed by atoms with van der Waals surface area (Å²) in [6.07, 6.45) is 1.89. The van der Waals surface area contributed by atoms with Gasteiger partial charge in [0.1, 0.15) is 0 Å². The largest absolute Gasteiger partial charge is 0.393 e. The first kappa shape index (κ1) is 14.9. The summed E-state index contributed by atoms with van der Waals surface area (Å²) in [4.78, 5) is 2.41. The Morgan fingerprint density at radius 2 is 2.12 bits per heavy atom. The van der Waals surface area contributed by atoms with Crippen LogP contribution in [0, 0.1) is 11.3 Å². The molecule has 3 nitrogen and oxygen atoms in total. The number of aliphatic hydroxyl groups is 1. The second-order valence-electron chi connectivity index (χ2n) is 6.73. The van der Waals surface area contributed by atoms with E-state index in [1.165, 1.54) is 19.5 Å². The quantitative estimate of drug-likeness (QED) is 0.770. The molecule has 3 heteroatoms. The van der Waals surface area contributed by atoms with Crippen molar-refractivity contribution in [1.29, 1.82) is 0 Å². The average molecular weight is 242 g/mol. The molecule has 1 aliphatic rings. The van der Waals surface area contributed by atoms with Crippen LogP contribution in [0.5, 0.6) is 0 Å². The van der Waals surface area contributed by atoms with E-state index < -0.39 is 0 Å². The Hall–Kier alpha value is -0.120. The van der Waals surface area contributed by atoms with Gasteiger partial charge < -0.3 is 15.3 Å². The fourth-order valence-corrected chi connectivity index (χ4v) is 2.94. The topological polar surface area (TPSA) is 35.5 Å². The van der Waals surface area contributed by atoms with Gasteiger partial charge in [-0.2, -0.15) is 0 Å². The van der Waals surface area contributed by atoms with E-state index in [-0.39, 0.29) is 11.5 Å². The molecule has 0 aromatic rings. The van der Waals surface area contributed by atoms with Crippen molar-refractivity contribution in [2.75, 3.05) is 26.7 Å². The molecular formula is C14H30N2O. The van der Waals surface area contributed by atoms with E-state index in [9.17, 15) is 5.11 Å². The van der Waals surface area contributed by atoms with Crippen LogP contribution < -0.4 is 5.32 Å². The maximum absolute atomic E-state index is 9.48. The molecule has 1 aliphatic heterocycles. The third-order valence-corrected chi connectivity index (χ3v) is 3.80. The molecule has 2 N–H and O–H groups in total. The predicted molar refractivity (Wildman–Crippen MR) is 73.1 cm³/mol. The van der Waals surface area contributed by atoms with E-state index in [0.29, 0.717) is 6.04 Å². The van der Waals surface area contributed by atoms with Crippen molar-refractivity contribution in [3.8, 4) is 0 Å². The number of nitrogens with one attached hydrogen (secondary N) is 1. The number of nitrogens with zero attached hydrogens (tertiary/aromatic N) is 1. The maximum atomic E-state index is 9.48. The number of hydrogen-bond acceptors (Lipinski definition) is 3. The zero-order chi connectivity index (χ0) is 13.1. The van der Waals surface area contributed by atoms with Gasteiger partial charge in [-0.05, 0) is 44.7 Å². The molecular weight excluding hydrogens is 212 g/mol. The predicted octanol–water partition coefficient (Wildman–Crippen LogP) is 1.71. The molecule has 0 aromatic carbocycles. The van der Waals surface area contributed by atoms with Crippen LogP contribution in [0.2, 0.25) is 0 Å². The van der Waals surface area contributed by atoms with Crippen molar-refractivity contribution < 1.29 is 5.11 Å². The first-order valence-electron chi connectivity index (χ1n) is 6.90. The number of likely N-dealkylation sites (tertiary alicyclic amines) is 1. The summed E-state index contributed by atoms with van der Waals surface area (Å²) in [5, 5.41) is 13.2. The minimum Gasteiger partial charge on any atom is -0.393 e. The van der Waals surface area contributed by atoms with Gasteiger partial charge in [0.05, 0.1) is 6.10 Å². The Morgan fingerprint density at radius 1 is 1.47 bits per heavy atom. The summed E-state index contributed by atoms with van der Waals surface area (Å²) in [5.41, 5.74) is 0.178. The van der Waals surface area contributed by atoms with Gasteiger partial charge in [0.25, 0.3) is 0 Å². The van der Waals surface area contributed by atoms with Gasteiger partial charge in [0.2, 0.25) is 0 Å². The zero-order valence-corrected chi connectivity index (χ0v) is 12.2. The van der Waals surface area contributed by atoms with E-state index in [1.807, 2.05) is 6.92 Å². The van der Waals surface area contributed by atoms with Crippen LogP contribution in [0.15, 0.2) is 0 Å². The van der Waals surface area contributed by atoms with Gasteiger partial charge in [-0.15, -0.1) is 0 Å². The smallest absolute Gasteiger partial charge is 0.0517 e. The van der Waals surface area contributed by atoms with E-state index in [1.54, 1.807) is 0 Å². The highest BCUT2D eigenvalue weighted by atomic mass is 16.3.